The molecular weight excluding hydrogens is 404 g/mol. The minimum atomic E-state index is -0.0647. The van der Waals surface area contributed by atoms with E-state index < -0.39 is 0 Å². The normalized spacial score (nSPS) is 11.0. The van der Waals surface area contributed by atoms with E-state index >= 15 is 0 Å². The molecule has 0 spiro atoms. The molecule has 0 bridgehead atoms. The Kier molecular flexibility index (Phi) is 6.34. The molecule has 0 N–H and O–H groups in total. The molecule has 5 heteroatoms. The molecule has 4 aromatic rings. The van der Waals surface area contributed by atoms with Gasteiger partial charge in [-0.2, -0.15) is 5.10 Å². The van der Waals surface area contributed by atoms with Crippen molar-refractivity contribution in [2.75, 3.05) is 7.11 Å². The Bertz CT molecular complexity index is 1200. The second kappa shape index (κ2) is 9.49. The van der Waals surface area contributed by atoms with Gasteiger partial charge in [0.05, 0.1) is 18.5 Å². The van der Waals surface area contributed by atoms with Gasteiger partial charge in [0.2, 0.25) is 0 Å². The van der Waals surface area contributed by atoms with Crippen LogP contribution in [0.3, 0.4) is 0 Å². The van der Waals surface area contributed by atoms with E-state index in [9.17, 15) is 4.79 Å². The summed E-state index contributed by atoms with van der Waals surface area (Å²) in [6.45, 7) is 1.96. The largest absolute Gasteiger partial charge is 0.497 e. The fraction of sp³-hybridized carbons (Fsp3) is 0.0769. The van der Waals surface area contributed by atoms with Crippen LogP contribution in [0.1, 0.15) is 21.6 Å². The molecule has 4 nitrogen and oxygen atoms in total. The number of aryl methyl sites for hydroxylation is 1. The van der Waals surface area contributed by atoms with Gasteiger partial charge in [0.25, 0.3) is 0 Å². The second-order valence-corrected chi connectivity index (χ2v) is 7.96. The van der Waals surface area contributed by atoms with E-state index in [0.29, 0.717) is 5.56 Å². The highest BCUT2D eigenvalue weighted by atomic mass is 32.2. The van der Waals surface area contributed by atoms with Crippen molar-refractivity contribution in [3.63, 3.8) is 0 Å². The minimum Gasteiger partial charge on any atom is -0.497 e. The first-order chi connectivity index (χ1) is 15.2. The maximum Gasteiger partial charge on any atom is 0.185 e. The number of ketones is 1. The predicted octanol–water partition coefficient (Wildman–Crippen LogP) is 6.24. The topological polar surface area (TPSA) is 44.1 Å². The second-order valence-electron chi connectivity index (χ2n) is 6.89. The van der Waals surface area contributed by atoms with Crippen LogP contribution in [0.15, 0.2) is 101 Å². The number of nitrogens with zero attached hydrogens (tertiary/aromatic N) is 2. The Labute approximate surface area is 186 Å². The number of hydrogen-bond donors (Lipinski definition) is 0. The lowest BCUT2D eigenvalue weighted by molar-refractivity contribution is 0.104. The lowest BCUT2D eigenvalue weighted by atomic mass is 10.1. The number of aromatic nitrogens is 2. The summed E-state index contributed by atoms with van der Waals surface area (Å²) >= 11 is 1.63. The molecule has 31 heavy (non-hydrogen) atoms. The first-order valence-corrected chi connectivity index (χ1v) is 10.7. The number of hydrogen-bond acceptors (Lipinski definition) is 4. The first-order valence-electron chi connectivity index (χ1n) is 9.90. The molecule has 0 fully saturated rings. The van der Waals surface area contributed by atoms with Gasteiger partial charge in [-0.15, -0.1) is 0 Å². The van der Waals surface area contributed by atoms with Crippen LogP contribution in [-0.2, 0) is 0 Å². The van der Waals surface area contributed by atoms with Crippen LogP contribution in [-0.4, -0.2) is 22.7 Å². The fourth-order valence-electron chi connectivity index (χ4n) is 3.16. The first kappa shape index (κ1) is 20.7. The SMILES string of the molecule is COc1ccc(C(=O)/C=C/c2c(C)nn(-c3ccccc3)c2Sc2ccccc2)cc1. The van der Waals surface area contributed by atoms with Gasteiger partial charge >= 0.3 is 0 Å². The van der Waals surface area contributed by atoms with Crippen LogP contribution in [0.25, 0.3) is 11.8 Å². The number of para-hydroxylation sites is 1. The van der Waals surface area contributed by atoms with E-state index in [2.05, 4.69) is 12.1 Å². The highest BCUT2D eigenvalue weighted by Crippen LogP contribution is 2.34. The van der Waals surface area contributed by atoms with Gasteiger partial charge < -0.3 is 4.74 Å². The molecule has 0 saturated carbocycles. The van der Waals surface area contributed by atoms with Crippen molar-refractivity contribution < 1.29 is 9.53 Å². The number of carbonyl (C=O) groups excluding carboxylic acids is 1. The Hall–Kier alpha value is -3.57. The van der Waals surface area contributed by atoms with Crippen molar-refractivity contribution in [3.05, 3.63) is 108 Å². The van der Waals surface area contributed by atoms with Crippen molar-refractivity contribution in [2.45, 2.75) is 16.8 Å². The number of ether oxygens (including phenoxy) is 1. The molecule has 154 valence electrons. The average Bonchev–Trinajstić information content (AvgIpc) is 3.13. The van der Waals surface area contributed by atoms with Crippen LogP contribution in [0, 0.1) is 6.92 Å². The van der Waals surface area contributed by atoms with E-state index in [0.717, 1.165) is 32.6 Å². The summed E-state index contributed by atoms with van der Waals surface area (Å²) in [5, 5.41) is 5.73. The Morgan fingerprint density at radius 3 is 2.23 bits per heavy atom. The zero-order valence-electron chi connectivity index (χ0n) is 17.4. The van der Waals surface area contributed by atoms with Gasteiger partial charge in [-0.05, 0) is 67.6 Å². The van der Waals surface area contributed by atoms with Crippen LogP contribution < -0.4 is 4.74 Å². The molecule has 0 amide bonds. The summed E-state index contributed by atoms with van der Waals surface area (Å²) in [5.74, 6) is 0.659. The van der Waals surface area contributed by atoms with Crippen LogP contribution in [0.5, 0.6) is 5.75 Å². The highest BCUT2D eigenvalue weighted by Gasteiger charge is 2.16. The number of methoxy groups -OCH3 is 1. The zero-order chi connectivity index (χ0) is 21.6. The van der Waals surface area contributed by atoms with Crippen molar-refractivity contribution in [3.8, 4) is 11.4 Å². The van der Waals surface area contributed by atoms with Crippen molar-refractivity contribution in [2.24, 2.45) is 0 Å². The number of carbonyl (C=O) groups is 1. The Morgan fingerprint density at radius 1 is 0.935 bits per heavy atom. The molecule has 0 aliphatic heterocycles. The van der Waals surface area contributed by atoms with Gasteiger partial charge in [0.1, 0.15) is 10.8 Å². The minimum absolute atomic E-state index is 0.0647. The molecular formula is C26H22N2O2S. The zero-order valence-corrected chi connectivity index (χ0v) is 18.2. The van der Waals surface area contributed by atoms with Crippen molar-refractivity contribution >= 4 is 23.6 Å². The van der Waals surface area contributed by atoms with E-state index in [4.69, 9.17) is 9.84 Å². The van der Waals surface area contributed by atoms with Gasteiger partial charge in [-0.3, -0.25) is 4.79 Å². The maximum atomic E-state index is 12.7. The summed E-state index contributed by atoms with van der Waals surface area (Å²) in [5.41, 5.74) is 3.38. The molecule has 0 unspecified atom stereocenters. The van der Waals surface area contributed by atoms with E-state index in [1.54, 1.807) is 49.2 Å². The summed E-state index contributed by atoms with van der Waals surface area (Å²) in [6, 6.07) is 27.3. The summed E-state index contributed by atoms with van der Waals surface area (Å²) in [6.07, 6.45) is 3.47. The lowest BCUT2D eigenvalue weighted by Gasteiger charge is -2.08. The molecule has 3 aromatic carbocycles. The third-order valence-electron chi connectivity index (χ3n) is 4.80. The maximum absolute atomic E-state index is 12.7. The standard InChI is InChI=1S/C26H22N2O2S/c1-19-24(17-18-25(29)20-13-15-22(30-2)16-14-20)26(31-23-11-7-4-8-12-23)28(27-19)21-9-5-3-6-10-21/h3-18H,1-2H3/b18-17+. The average molecular weight is 427 g/mol. The Morgan fingerprint density at radius 2 is 1.58 bits per heavy atom. The number of allylic oxidation sites excluding steroid dienone is 1. The van der Waals surface area contributed by atoms with Crippen molar-refractivity contribution in [1.29, 1.82) is 0 Å². The van der Waals surface area contributed by atoms with Crippen LogP contribution >= 0.6 is 11.8 Å². The molecule has 0 radical (unpaired) electrons. The van der Waals surface area contributed by atoms with Gasteiger partial charge in [0.15, 0.2) is 5.78 Å². The third-order valence-corrected chi connectivity index (χ3v) is 5.89. The molecule has 0 saturated heterocycles. The molecule has 0 aliphatic carbocycles. The van der Waals surface area contributed by atoms with E-state index in [-0.39, 0.29) is 5.78 Å². The summed E-state index contributed by atoms with van der Waals surface area (Å²) in [7, 11) is 1.61. The van der Waals surface area contributed by atoms with Gasteiger partial charge in [0, 0.05) is 16.0 Å². The van der Waals surface area contributed by atoms with E-state index in [1.165, 1.54) is 0 Å². The number of benzene rings is 3. The van der Waals surface area contributed by atoms with Gasteiger partial charge in [-0.1, -0.05) is 48.2 Å². The van der Waals surface area contributed by atoms with Crippen LogP contribution in [0.2, 0.25) is 0 Å². The lowest BCUT2D eigenvalue weighted by Crippen LogP contribution is -1.98. The summed E-state index contributed by atoms with van der Waals surface area (Å²) < 4.78 is 7.10. The monoisotopic (exact) mass is 426 g/mol. The summed E-state index contributed by atoms with van der Waals surface area (Å²) in [4.78, 5) is 13.8. The smallest absolute Gasteiger partial charge is 0.185 e. The molecule has 4 rings (SSSR count). The molecule has 1 heterocycles. The molecule has 0 aliphatic rings. The fourth-order valence-corrected chi connectivity index (χ4v) is 4.24. The Balaban J connectivity index is 1.71. The van der Waals surface area contributed by atoms with Gasteiger partial charge in [-0.25, -0.2) is 4.68 Å². The van der Waals surface area contributed by atoms with Crippen molar-refractivity contribution in [1.82, 2.24) is 9.78 Å². The number of rotatable bonds is 7. The highest BCUT2D eigenvalue weighted by molar-refractivity contribution is 7.99. The third kappa shape index (κ3) is 4.78. The quantitative estimate of drug-likeness (QED) is 0.259. The van der Waals surface area contributed by atoms with E-state index in [1.807, 2.05) is 66.2 Å². The molecule has 0 atom stereocenters. The molecule has 1 aromatic heterocycles. The van der Waals surface area contributed by atoms with Crippen LogP contribution in [0.4, 0.5) is 0 Å². The predicted molar refractivity (Wildman–Crippen MR) is 125 cm³/mol.